The molecule has 18 heavy (non-hydrogen) atoms. The summed E-state index contributed by atoms with van der Waals surface area (Å²) in [5.74, 6) is 0. The molecule has 0 aliphatic heterocycles. The number of rotatable bonds is 2. The smallest absolute Gasteiger partial charge is 0.119 e. The largest absolute Gasteiger partial charge is 0.398 e. The van der Waals surface area contributed by atoms with Crippen LogP contribution < -0.4 is 5.73 Å². The maximum Gasteiger partial charge on any atom is 0.119 e. The average Bonchev–Trinajstić information content (AvgIpc) is 2.70. The Kier molecular flexibility index (Phi) is 2.89. The lowest BCUT2D eigenvalue weighted by Crippen LogP contribution is -1.89. The zero-order valence-corrected chi connectivity index (χ0v) is 11.3. The second-order valence-electron chi connectivity index (χ2n) is 3.74. The molecule has 2 heterocycles. The number of hydrogen-bond acceptors (Lipinski definition) is 6. The van der Waals surface area contributed by atoms with Gasteiger partial charge >= 0.3 is 0 Å². The van der Waals surface area contributed by atoms with Crippen molar-refractivity contribution in [3.05, 3.63) is 35.7 Å². The normalized spacial score (nSPS) is 10.9. The van der Waals surface area contributed by atoms with Crippen molar-refractivity contribution in [2.45, 2.75) is 16.8 Å². The minimum Gasteiger partial charge on any atom is -0.398 e. The first-order valence-corrected chi connectivity index (χ1v) is 6.96. The monoisotopic (exact) mass is 274 g/mol. The molecule has 0 spiro atoms. The number of hydrogen-bond donors (Lipinski definition) is 1. The molecule has 3 rings (SSSR count). The predicted octanol–water partition coefficient (Wildman–Crippen LogP) is 3.13. The van der Waals surface area contributed by atoms with Crippen LogP contribution in [-0.2, 0) is 0 Å². The number of thiazole rings is 1. The van der Waals surface area contributed by atoms with Crippen LogP contribution in [0.2, 0.25) is 0 Å². The van der Waals surface area contributed by atoms with Crippen LogP contribution in [0.3, 0.4) is 0 Å². The Hall–Kier alpha value is -1.66. The molecule has 2 aromatic heterocycles. The van der Waals surface area contributed by atoms with E-state index in [2.05, 4.69) is 15.0 Å². The Labute approximate surface area is 112 Å². The van der Waals surface area contributed by atoms with E-state index in [1.54, 1.807) is 29.9 Å². The highest BCUT2D eigenvalue weighted by Crippen LogP contribution is 2.35. The predicted molar refractivity (Wildman–Crippen MR) is 74.9 cm³/mol. The maximum absolute atomic E-state index is 6.05. The molecule has 0 saturated heterocycles. The lowest BCUT2D eigenvalue weighted by Gasteiger charge is -2.04. The molecule has 6 heteroatoms. The third-order valence-electron chi connectivity index (χ3n) is 2.38. The highest BCUT2D eigenvalue weighted by Gasteiger charge is 2.08. The Morgan fingerprint density at radius 2 is 2.17 bits per heavy atom. The summed E-state index contributed by atoms with van der Waals surface area (Å²) in [6.07, 6.45) is 5.05. The molecular formula is C12H10N4S2. The van der Waals surface area contributed by atoms with Gasteiger partial charge in [0.15, 0.2) is 0 Å². The molecule has 1 aromatic carbocycles. The van der Waals surface area contributed by atoms with Crippen molar-refractivity contribution in [1.29, 1.82) is 0 Å². The van der Waals surface area contributed by atoms with E-state index in [9.17, 15) is 0 Å². The van der Waals surface area contributed by atoms with Gasteiger partial charge in [-0.1, -0.05) is 11.8 Å². The first kappa shape index (κ1) is 11.4. The van der Waals surface area contributed by atoms with Crippen molar-refractivity contribution >= 4 is 39.0 Å². The number of benzene rings is 1. The van der Waals surface area contributed by atoms with E-state index in [1.165, 1.54) is 11.8 Å². The molecule has 0 aliphatic carbocycles. The van der Waals surface area contributed by atoms with E-state index in [0.717, 1.165) is 30.8 Å². The number of aryl methyl sites for hydroxylation is 1. The van der Waals surface area contributed by atoms with Gasteiger partial charge in [0.1, 0.15) is 5.03 Å². The second kappa shape index (κ2) is 4.55. The first-order chi connectivity index (χ1) is 8.72. The third-order valence-corrected chi connectivity index (χ3v) is 4.31. The van der Waals surface area contributed by atoms with Crippen molar-refractivity contribution in [1.82, 2.24) is 15.0 Å². The van der Waals surface area contributed by atoms with E-state index >= 15 is 0 Å². The summed E-state index contributed by atoms with van der Waals surface area (Å²) < 4.78 is 1.12. The van der Waals surface area contributed by atoms with Gasteiger partial charge in [-0.2, -0.15) is 0 Å². The lowest BCUT2D eigenvalue weighted by molar-refractivity contribution is 1.06. The van der Waals surface area contributed by atoms with Gasteiger partial charge in [0.2, 0.25) is 0 Å². The highest BCUT2D eigenvalue weighted by molar-refractivity contribution is 7.99. The fraction of sp³-hybridized carbons (Fsp3) is 0.0833. The van der Waals surface area contributed by atoms with Crippen molar-refractivity contribution in [3.63, 3.8) is 0 Å². The molecule has 0 saturated carbocycles. The molecule has 2 N–H and O–H groups in total. The third kappa shape index (κ3) is 2.16. The Balaban J connectivity index is 2.03. The number of nitrogens with zero attached hydrogens (tertiary/aromatic N) is 3. The van der Waals surface area contributed by atoms with Gasteiger partial charge in [0.05, 0.1) is 21.4 Å². The second-order valence-corrected chi connectivity index (χ2v) is 6.03. The number of fused-ring (bicyclic) bond motifs is 1. The van der Waals surface area contributed by atoms with Gasteiger partial charge in [-0.05, 0) is 19.1 Å². The minimum absolute atomic E-state index is 0.752. The summed E-state index contributed by atoms with van der Waals surface area (Å²) >= 11 is 3.16. The Bertz CT molecular complexity index is 694. The summed E-state index contributed by atoms with van der Waals surface area (Å²) in [6, 6.07) is 3.98. The molecule has 4 nitrogen and oxygen atoms in total. The molecule has 0 amide bonds. The molecule has 0 radical (unpaired) electrons. The van der Waals surface area contributed by atoms with Gasteiger partial charge in [-0.3, -0.25) is 4.98 Å². The molecule has 0 atom stereocenters. The number of nitrogens with two attached hydrogens (primary N) is 1. The van der Waals surface area contributed by atoms with Gasteiger partial charge in [0, 0.05) is 23.0 Å². The van der Waals surface area contributed by atoms with Crippen LogP contribution in [0.25, 0.3) is 10.2 Å². The Morgan fingerprint density at radius 1 is 1.28 bits per heavy atom. The standard InChI is InChI=1S/C12H10N4S2/c1-7-16-9-5-10(8(13)4-11(9)17-7)18-12-6-14-2-3-15-12/h2-6H,13H2,1H3. The van der Waals surface area contributed by atoms with Crippen LogP contribution in [0.1, 0.15) is 5.01 Å². The fourth-order valence-electron chi connectivity index (χ4n) is 1.62. The number of anilines is 1. The summed E-state index contributed by atoms with van der Waals surface area (Å²) in [7, 11) is 0. The van der Waals surface area contributed by atoms with Gasteiger partial charge in [-0.25, -0.2) is 9.97 Å². The molecule has 0 bridgehead atoms. The quantitative estimate of drug-likeness (QED) is 0.727. The number of nitrogen functional groups attached to an aromatic ring is 1. The summed E-state index contributed by atoms with van der Waals surface area (Å²) in [4.78, 5) is 13.7. The molecule has 0 fully saturated rings. The van der Waals surface area contributed by atoms with Crippen molar-refractivity contribution < 1.29 is 0 Å². The van der Waals surface area contributed by atoms with Crippen LogP contribution >= 0.6 is 23.1 Å². The minimum atomic E-state index is 0.752. The highest BCUT2D eigenvalue weighted by atomic mass is 32.2. The molecule has 3 aromatic rings. The van der Waals surface area contributed by atoms with Gasteiger partial charge in [0.25, 0.3) is 0 Å². The molecular weight excluding hydrogens is 264 g/mol. The maximum atomic E-state index is 6.05. The van der Waals surface area contributed by atoms with E-state index in [-0.39, 0.29) is 0 Å². The van der Waals surface area contributed by atoms with E-state index in [0.29, 0.717) is 0 Å². The Morgan fingerprint density at radius 3 is 2.94 bits per heavy atom. The molecule has 0 unspecified atom stereocenters. The topological polar surface area (TPSA) is 64.7 Å². The van der Waals surface area contributed by atoms with Gasteiger partial charge < -0.3 is 5.73 Å². The lowest BCUT2D eigenvalue weighted by atomic mass is 10.3. The first-order valence-electron chi connectivity index (χ1n) is 5.33. The van der Waals surface area contributed by atoms with Crippen LogP contribution in [-0.4, -0.2) is 15.0 Å². The van der Waals surface area contributed by atoms with E-state index in [1.807, 2.05) is 19.1 Å². The zero-order valence-electron chi connectivity index (χ0n) is 9.62. The zero-order chi connectivity index (χ0) is 12.5. The average molecular weight is 274 g/mol. The summed E-state index contributed by atoms with van der Waals surface area (Å²) in [5.41, 5.74) is 7.79. The van der Waals surface area contributed by atoms with Crippen molar-refractivity contribution in [2.75, 3.05) is 5.73 Å². The molecule has 90 valence electrons. The summed E-state index contributed by atoms with van der Waals surface area (Å²) in [6.45, 7) is 2.00. The van der Waals surface area contributed by atoms with Crippen molar-refractivity contribution in [3.8, 4) is 0 Å². The van der Waals surface area contributed by atoms with Crippen molar-refractivity contribution in [2.24, 2.45) is 0 Å². The number of aromatic nitrogens is 3. The van der Waals surface area contributed by atoms with E-state index < -0.39 is 0 Å². The van der Waals surface area contributed by atoms with Crippen LogP contribution in [0.15, 0.2) is 40.6 Å². The van der Waals surface area contributed by atoms with Crippen LogP contribution in [0.5, 0.6) is 0 Å². The summed E-state index contributed by atoms with van der Waals surface area (Å²) in [5, 5.41) is 1.88. The van der Waals surface area contributed by atoms with Gasteiger partial charge in [-0.15, -0.1) is 11.3 Å². The SMILES string of the molecule is Cc1nc2cc(Sc3cnccn3)c(N)cc2s1. The van der Waals surface area contributed by atoms with E-state index in [4.69, 9.17) is 5.73 Å². The van der Waals surface area contributed by atoms with Crippen LogP contribution in [0, 0.1) is 6.92 Å². The van der Waals surface area contributed by atoms with Crippen LogP contribution in [0.4, 0.5) is 5.69 Å². The molecule has 0 aliphatic rings. The fourth-order valence-corrected chi connectivity index (χ4v) is 3.28.